The predicted molar refractivity (Wildman–Crippen MR) is 117 cm³/mol. The van der Waals surface area contributed by atoms with E-state index >= 15 is 0 Å². The molecular formula is C26H46O. The fraction of sp³-hybridized carbons (Fsp3) is 0.923. The van der Waals surface area contributed by atoms with Crippen LogP contribution < -0.4 is 0 Å². The van der Waals surface area contributed by atoms with Crippen molar-refractivity contribution in [2.45, 2.75) is 110 Å². The molecule has 1 heteroatoms. The molecule has 0 aromatic carbocycles. The molecule has 3 saturated carbocycles. The molecule has 0 aromatic rings. The Kier molecular flexibility index (Phi) is 9.23. The highest BCUT2D eigenvalue weighted by molar-refractivity contribution is 4.97. The molecule has 3 aliphatic rings. The van der Waals surface area contributed by atoms with Crippen molar-refractivity contribution in [2.75, 3.05) is 6.61 Å². The van der Waals surface area contributed by atoms with E-state index in [1.54, 1.807) is 0 Å². The second-order valence-corrected chi connectivity index (χ2v) is 10.3. The summed E-state index contributed by atoms with van der Waals surface area (Å²) in [5.41, 5.74) is 0. The Labute approximate surface area is 169 Å². The maximum atomic E-state index is 9.34. The molecule has 0 spiro atoms. The van der Waals surface area contributed by atoms with Crippen molar-refractivity contribution in [3.05, 3.63) is 12.2 Å². The molecule has 0 aliphatic heterocycles. The molecule has 0 bridgehead atoms. The minimum absolute atomic E-state index is 0.422. The van der Waals surface area contributed by atoms with Gasteiger partial charge in [-0.1, -0.05) is 44.8 Å². The van der Waals surface area contributed by atoms with E-state index in [0.717, 1.165) is 29.6 Å². The summed E-state index contributed by atoms with van der Waals surface area (Å²) < 4.78 is 0. The molecule has 0 radical (unpaired) electrons. The first-order chi connectivity index (χ1) is 13.3. The van der Waals surface area contributed by atoms with Crippen LogP contribution in [-0.2, 0) is 0 Å². The SMILES string of the molecule is CCCCCC1CCC(/C=C/C2CCC(C3CCC(CO)CC3)CC2)CC1. The van der Waals surface area contributed by atoms with Gasteiger partial charge in [0, 0.05) is 6.61 Å². The Morgan fingerprint density at radius 2 is 1.11 bits per heavy atom. The van der Waals surface area contributed by atoms with Crippen LogP contribution in [0.15, 0.2) is 12.2 Å². The van der Waals surface area contributed by atoms with Gasteiger partial charge >= 0.3 is 0 Å². The number of allylic oxidation sites excluding steroid dienone is 2. The lowest BCUT2D eigenvalue weighted by Gasteiger charge is -2.37. The van der Waals surface area contributed by atoms with Crippen LogP contribution in [0.2, 0.25) is 0 Å². The number of aliphatic hydroxyl groups is 1. The first-order valence-corrected chi connectivity index (χ1v) is 12.6. The molecule has 3 aliphatic carbocycles. The number of hydrogen-bond donors (Lipinski definition) is 1. The molecule has 0 amide bonds. The van der Waals surface area contributed by atoms with E-state index in [9.17, 15) is 5.11 Å². The molecule has 3 fully saturated rings. The lowest BCUT2D eigenvalue weighted by atomic mass is 9.69. The normalized spacial score (nSPS) is 38.3. The summed E-state index contributed by atoms with van der Waals surface area (Å²) in [6.45, 7) is 2.74. The quantitative estimate of drug-likeness (QED) is 0.344. The molecule has 0 atom stereocenters. The highest BCUT2D eigenvalue weighted by Crippen LogP contribution is 2.42. The van der Waals surface area contributed by atoms with Crippen molar-refractivity contribution in [3.8, 4) is 0 Å². The summed E-state index contributed by atoms with van der Waals surface area (Å²) in [5.74, 6) is 5.38. The lowest BCUT2D eigenvalue weighted by Crippen LogP contribution is -2.26. The molecule has 1 nitrogen and oxygen atoms in total. The molecule has 27 heavy (non-hydrogen) atoms. The van der Waals surface area contributed by atoms with Gasteiger partial charge in [0.2, 0.25) is 0 Å². The van der Waals surface area contributed by atoms with Gasteiger partial charge in [-0.2, -0.15) is 0 Å². The molecule has 0 saturated heterocycles. The van der Waals surface area contributed by atoms with Crippen molar-refractivity contribution in [1.82, 2.24) is 0 Å². The average molecular weight is 375 g/mol. The molecule has 0 unspecified atom stereocenters. The van der Waals surface area contributed by atoms with Crippen molar-refractivity contribution in [1.29, 1.82) is 0 Å². The third kappa shape index (κ3) is 6.91. The predicted octanol–water partition coefficient (Wildman–Crippen LogP) is 7.53. The summed E-state index contributed by atoms with van der Waals surface area (Å²) in [6, 6.07) is 0. The fourth-order valence-electron chi connectivity index (χ4n) is 6.32. The third-order valence-electron chi connectivity index (χ3n) is 8.40. The van der Waals surface area contributed by atoms with E-state index in [-0.39, 0.29) is 0 Å². The molecule has 3 rings (SSSR count). The van der Waals surface area contributed by atoms with E-state index in [1.165, 1.54) is 103 Å². The standard InChI is InChI=1S/C26H46O/c1-2-3-4-5-21-6-8-22(9-7-21)10-11-23-12-16-25(17-13-23)26-18-14-24(20-27)15-19-26/h10-11,21-27H,2-9,12-20H2,1H3/b11-10+. The van der Waals surface area contributed by atoms with Crippen LogP contribution in [-0.4, -0.2) is 11.7 Å². The maximum Gasteiger partial charge on any atom is 0.0459 e. The van der Waals surface area contributed by atoms with E-state index < -0.39 is 0 Å². The molecular weight excluding hydrogens is 328 g/mol. The van der Waals surface area contributed by atoms with Gasteiger partial charge < -0.3 is 5.11 Å². The summed E-state index contributed by atoms with van der Waals surface area (Å²) in [7, 11) is 0. The molecule has 0 aromatic heterocycles. The van der Waals surface area contributed by atoms with E-state index in [4.69, 9.17) is 0 Å². The van der Waals surface area contributed by atoms with Gasteiger partial charge in [-0.3, -0.25) is 0 Å². The van der Waals surface area contributed by atoms with E-state index in [2.05, 4.69) is 19.1 Å². The van der Waals surface area contributed by atoms with E-state index in [0.29, 0.717) is 12.5 Å². The highest BCUT2D eigenvalue weighted by atomic mass is 16.3. The van der Waals surface area contributed by atoms with Crippen LogP contribution in [0.1, 0.15) is 110 Å². The van der Waals surface area contributed by atoms with Crippen molar-refractivity contribution in [2.24, 2.45) is 35.5 Å². The van der Waals surface area contributed by atoms with Crippen LogP contribution >= 0.6 is 0 Å². The number of aliphatic hydroxyl groups excluding tert-OH is 1. The van der Waals surface area contributed by atoms with Gasteiger partial charge in [0.15, 0.2) is 0 Å². The first-order valence-electron chi connectivity index (χ1n) is 12.6. The van der Waals surface area contributed by atoms with Crippen molar-refractivity contribution >= 4 is 0 Å². The Hall–Kier alpha value is -0.300. The highest BCUT2D eigenvalue weighted by Gasteiger charge is 2.30. The van der Waals surface area contributed by atoms with Crippen LogP contribution in [0.25, 0.3) is 0 Å². The first kappa shape index (κ1) is 21.4. The topological polar surface area (TPSA) is 20.2 Å². The number of rotatable bonds is 8. The van der Waals surface area contributed by atoms with Crippen LogP contribution in [0.4, 0.5) is 0 Å². The van der Waals surface area contributed by atoms with Gasteiger partial charge in [0.1, 0.15) is 0 Å². The second kappa shape index (κ2) is 11.6. The zero-order chi connectivity index (χ0) is 18.9. The Morgan fingerprint density at radius 1 is 0.630 bits per heavy atom. The van der Waals surface area contributed by atoms with Gasteiger partial charge in [0.05, 0.1) is 0 Å². The van der Waals surface area contributed by atoms with E-state index in [1.807, 2.05) is 0 Å². The molecule has 156 valence electrons. The Morgan fingerprint density at radius 3 is 1.63 bits per heavy atom. The van der Waals surface area contributed by atoms with Crippen molar-refractivity contribution < 1.29 is 5.11 Å². The van der Waals surface area contributed by atoms with Crippen LogP contribution in [0.3, 0.4) is 0 Å². The minimum Gasteiger partial charge on any atom is -0.396 e. The second-order valence-electron chi connectivity index (χ2n) is 10.3. The number of hydrogen-bond acceptors (Lipinski definition) is 1. The summed E-state index contributed by atoms with van der Waals surface area (Å²) in [4.78, 5) is 0. The van der Waals surface area contributed by atoms with Crippen molar-refractivity contribution in [3.63, 3.8) is 0 Å². The Bertz CT molecular complexity index is 404. The monoisotopic (exact) mass is 374 g/mol. The smallest absolute Gasteiger partial charge is 0.0459 e. The summed E-state index contributed by atoms with van der Waals surface area (Å²) in [6.07, 6.45) is 28.0. The van der Waals surface area contributed by atoms with Gasteiger partial charge in [-0.15, -0.1) is 0 Å². The van der Waals surface area contributed by atoms with Crippen LogP contribution in [0.5, 0.6) is 0 Å². The fourth-order valence-corrected chi connectivity index (χ4v) is 6.32. The third-order valence-corrected chi connectivity index (χ3v) is 8.40. The zero-order valence-corrected chi connectivity index (χ0v) is 18.1. The molecule has 0 heterocycles. The Balaban J connectivity index is 1.30. The van der Waals surface area contributed by atoms with Crippen LogP contribution in [0, 0.1) is 35.5 Å². The van der Waals surface area contributed by atoms with Gasteiger partial charge in [-0.05, 0) is 113 Å². The molecule has 1 N–H and O–H groups in total. The minimum atomic E-state index is 0.422. The average Bonchev–Trinajstić information content (AvgIpc) is 2.74. The number of unbranched alkanes of at least 4 members (excludes halogenated alkanes) is 2. The summed E-state index contributed by atoms with van der Waals surface area (Å²) >= 11 is 0. The van der Waals surface area contributed by atoms with Gasteiger partial charge in [0.25, 0.3) is 0 Å². The lowest BCUT2D eigenvalue weighted by molar-refractivity contribution is 0.122. The zero-order valence-electron chi connectivity index (χ0n) is 18.1. The van der Waals surface area contributed by atoms with Gasteiger partial charge in [-0.25, -0.2) is 0 Å². The maximum absolute atomic E-state index is 9.34. The summed E-state index contributed by atoms with van der Waals surface area (Å²) in [5, 5.41) is 9.34. The largest absolute Gasteiger partial charge is 0.396 e.